The van der Waals surface area contributed by atoms with Gasteiger partial charge in [-0.2, -0.15) is 0 Å². The van der Waals surface area contributed by atoms with Crippen LogP contribution in [0.5, 0.6) is 0 Å². The van der Waals surface area contributed by atoms with E-state index in [0.29, 0.717) is 12.5 Å². The Hall–Kier alpha value is -1.33. The molecule has 2 aromatic rings. The second-order valence-corrected chi connectivity index (χ2v) is 8.18. The summed E-state index contributed by atoms with van der Waals surface area (Å²) in [5.74, 6) is 0.239. The Morgan fingerprint density at radius 1 is 1.24 bits per heavy atom. The molecule has 0 bridgehead atoms. The minimum absolute atomic E-state index is 0.239. The SMILES string of the molecule is CC(C)NCc1ccc2c(ccn2CCCS(C)(=O)=O)c1. The highest BCUT2D eigenvalue weighted by atomic mass is 32.2. The van der Waals surface area contributed by atoms with E-state index in [9.17, 15) is 8.42 Å². The first-order chi connectivity index (χ1) is 9.85. The minimum atomic E-state index is -2.87. The van der Waals surface area contributed by atoms with E-state index in [0.717, 1.165) is 18.6 Å². The fraction of sp³-hybridized carbons (Fsp3) is 0.500. The van der Waals surface area contributed by atoms with Crippen molar-refractivity contribution < 1.29 is 8.42 Å². The van der Waals surface area contributed by atoms with Gasteiger partial charge in [-0.1, -0.05) is 19.9 Å². The quantitative estimate of drug-likeness (QED) is 0.855. The van der Waals surface area contributed by atoms with Crippen molar-refractivity contribution in [1.82, 2.24) is 9.88 Å². The van der Waals surface area contributed by atoms with Gasteiger partial charge >= 0.3 is 0 Å². The predicted molar refractivity (Wildman–Crippen MR) is 88.2 cm³/mol. The monoisotopic (exact) mass is 308 g/mol. The molecule has 0 fully saturated rings. The molecule has 0 saturated heterocycles. The smallest absolute Gasteiger partial charge is 0.147 e. The standard InChI is InChI=1S/C16H24N2O2S/c1-13(2)17-12-14-5-6-16-15(11-14)7-9-18(16)8-4-10-21(3,19)20/h5-7,9,11,13,17H,4,8,10,12H2,1-3H3. The van der Waals surface area contributed by atoms with E-state index in [1.165, 1.54) is 17.2 Å². The maximum Gasteiger partial charge on any atom is 0.147 e. The summed E-state index contributed by atoms with van der Waals surface area (Å²) < 4.78 is 24.5. The van der Waals surface area contributed by atoms with Crippen LogP contribution in [0.3, 0.4) is 0 Å². The van der Waals surface area contributed by atoms with E-state index < -0.39 is 9.84 Å². The number of fused-ring (bicyclic) bond motifs is 1. The molecule has 0 aliphatic rings. The predicted octanol–water partition coefficient (Wildman–Crippen LogP) is 2.57. The zero-order chi connectivity index (χ0) is 15.5. The molecule has 1 N–H and O–H groups in total. The van der Waals surface area contributed by atoms with Crippen molar-refractivity contribution in [2.45, 2.75) is 39.4 Å². The van der Waals surface area contributed by atoms with E-state index >= 15 is 0 Å². The molecule has 0 saturated carbocycles. The Bertz CT molecular complexity index is 702. The Morgan fingerprint density at radius 2 is 2.00 bits per heavy atom. The highest BCUT2D eigenvalue weighted by molar-refractivity contribution is 7.90. The normalized spacial score (nSPS) is 12.4. The summed E-state index contributed by atoms with van der Waals surface area (Å²) in [5.41, 5.74) is 2.43. The van der Waals surface area contributed by atoms with Crippen molar-refractivity contribution in [3.05, 3.63) is 36.0 Å². The third-order valence-corrected chi connectivity index (χ3v) is 4.49. The molecule has 5 heteroatoms. The highest BCUT2D eigenvalue weighted by Gasteiger charge is 2.05. The van der Waals surface area contributed by atoms with Gasteiger partial charge in [-0.15, -0.1) is 0 Å². The molecule has 21 heavy (non-hydrogen) atoms. The molecule has 1 heterocycles. The lowest BCUT2D eigenvalue weighted by molar-refractivity contribution is 0.589. The molecule has 1 aromatic heterocycles. The Kier molecular flexibility index (Phi) is 5.06. The number of rotatable bonds is 7. The molecule has 116 valence electrons. The van der Waals surface area contributed by atoms with Crippen LogP contribution in [0.15, 0.2) is 30.5 Å². The van der Waals surface area contributed by atoms with Gasteiger partial charge in [0.05, 0.1) is 5.75 Å². The largest absolute Gasteiger partial charge is 0.347 e. The average Bonchev–Trinajstić information content (AvgIpc) is 2.77. The molecule has 0 radical (unpaired) electrons. The summed E-state index contributed by atoms with van der Waals surface area (Å²) in [7, 11) is -2.87. The lowest BCUT2D eigenvalue weighted by Crippen LogP contribution is -2.21. The number of hydrogen-bond acceptors (Lipinski definition) is 3. The third kappa shape index (κ3) is 4.86. The van der Waals surface area contributed by atoms with Gasteiger partial charge in [0.1, 0.15) is 9.84 Å². The molecule has 0 aliphatic carbocycles. The fourth-order valence-electron chi connectivity index (χ4n) is 2.37. The number of benzene rings is 1. The van der Waals surface area contributed by atoms with Crippen LogP contribution in [0.25, 0.3) is 10.9 Å². The van der Waals surface area contributed by atoms with Gasteiger partial charge in [-0.05, 0) is 35.6 Å². The number of sulfone groups is 1. The first-order valence-electron chi connectivity index (χ1n) is 7.34. The number of nitrogens with one attached hydrogen (secondary N) is 1. The van der Waals surface area contributed by atoms with E-state index in [1.807, 2.05) is 6.20 Å². The zero-order valence-electron chi connectivity index (χ0n) is 13.0. The van der Waals surface area contributed by atoms with E-state index in [4.69, 9.17) is 0 Å². The van der Waals surface area contributed by atoms with Crippen molar-refractivity contribution in [2.75, 3.05) is 12.0 Å². The fourth-order valence-corrected chi connectivity index (χ4v) is 3.03. The second-order valence-electron chi connectivity index (χ2n) is 5.92. The van der Waals surface area contributed by atoms with Crippen LogP contribution in [-0.4, -0.2) is 31.0 Å². The first-order valence-corrected chi connectivity index (χ1v) is 9.40. The van der Waals surface area contributed by atoms with Crippen molar-refractivity contribution in [1.29, 1.82) is 0 Å². The van der Waals surface area contributed by atoms with Crippen molar-refractivity contribution in [3.63, 3.8) is 0 Å². The second kappa shape index (κ2) is 6.62. The number of aryl methyl sites for hydroxylation is 1. The summed E-state index contributed by atoms with van der Waals surface area (Å²) in [6.07, 6.45) is 3.97. The minimum Gasteiger partial charge on any atom is -0.347 e. The molecule has 1 aromatic carbocycles. The van der Waals surface area contributed by atoms with Crippen LogP contribution in [0.1, 0.15) is 25.8 Å². The maximum absolute atomic E-state index is 11.2. The van der Waals surface area contributed by atoms with E-state index in [-0.39, 0.29) is 5.75 Å². The lowest BCUT2D eigenvalue weighted by Gasteiger charge is -2.09. The number of hydrogen-bond donors (Lipinski definition) is 1. The van der Waals surface area contributed by atoms with Crippen molar-refractivity contribution in [3.8, 4) is 0 Å². The van der Waals surface area contributed by atoms with Crippen LogP contribution in [0.2, 0.25) is 0 Å². The summed E-state index contributed by atoms with van der Waals surface area (Å²) in [5, 5.41) is 4.62. The molecule has 0 amide bonds. The van der Waals surface area contributed by atoms with Crippen LogP contribution in [0.4, 0.5) is 0 Å². The molecule has 0 aliphatic heterocycles. The summed E-state index contributed by atoms with van der Waals surface area (Å²) in [4.78, 5) is 0. The first kappa shape index (κ1) is 16.0. The molecule has 0 spiro atoms. The Labute approximate surface area is 127 Å². The third-order valence-electron chi connectivity index (χ3n) is 3.46. The van der Waals surface area contributed by atoms with Gasteiger partial charge in [0.2, 0.25) is 0 Å². The summed E-state index contributed by atoms with van der Waals surface area (Å²) in [6, 6.07) is 9.01. The maximum atomic E-state index is 11.2. The molecular formula is C16H24N2O2S. The number of nitrogens with zero attached hydrogens (tertiary/aromatic N) is 1. The van der Waals surface area contributed by atoms with E-state index in [2.05, 4.69) is 48.0 Å². The van der Waals surface area contributed by atoms with Gasteiger partial charge in [-0.3, -0.25) is 0 Å². The molecular weight excluding hydrogens is 284 g/mol. The van der Waals surface area contributed by atoms with Gasteiger partial charge in [0.15, 0.2) is 0 Å². The zero-order valence-corrected chi connectivity index (χ0v) is 13.8. The van der Waals surface area contributed by atoms with Gasteiger partial charge < -0.3 is 9.88 Å². The van der Waals surface area contributed by atoms with Crippen LogP contribution < -0.4 is 5.32 Å². The molecule has 0 atom stereocenters. The summed E-state index contributed by atoms with van der Waals surface area (Å²) in [6.45, 7) is 5.88. The van der Waals surface area contributed by atoms with Crippen LogP contribution in [0, 0.1) is 0 Å². The van der Waals surface area contributed by atoms with Gasteiger partial charge in [-0.25, -0.2) is 8.42 Å². The number of aromatic nitrogens is 1. The molecule has 2 rings (SSSR count). The van der Waals surface area contributed by atoms with Gasteiger partial charge in [0, 0.05) is 37.1 Å². The average molecular weight is 308 g/mol. The van der Waals surface area contributed by atoms with Crippen LogP contribution >= 0.6 is 0 Å². The van der Waals surface area contributed by atoms with E-state index in [1.54, 1.807) is 0 Å². The molecule has 0 unspecified atom stereocenters. The van der Waals surface area contributed by atoms with Crippen molar-refractivity contribution in [2.24, 2.45) is 0 Å². The summed E-state index contributed by atoms with van der Waals surface area (Å²) >= 11 is 0. The van der Waals surface area contributed by atoms with Gasteiger partial charge in [0.25, 0.3) is 0 Å². The van der Waals surface area contributed by atoms with Crippen molar-refractivity contribution >= 4 is 20.7 Å². The van der Waals surface area contributed by atoms with Crippen LogP contribution in [-0.2, 0) is 22.9 Å². The topological polar surface area (TPSA) is 51.1 Å². The molecule has 4 nitrogen and oxygen atoms in total. The lowest BCUT2D eigenvalue weighted by atomic mass is 10.1. The Morgan fingerprint density at radius 3 is 2.67 bits per heavy atom. The Balaban J connectivity index is 2.06. The highest BCUT2D eigenvalue weighted by Crippen LogP contribution is 2.18.